The first-order chi connectivity index (χ1) is 20.3. The molecule has 2 aliphatic rings. The van der Waals surface area contributed by atoms with E-state index in [9.17, 15) is 24.3 Å². The van der Waals surface area contributed by atoms with Crippen LogP contribution in [-0.2, 0) is 25.8 Å². The number of aromatic nitrogens is 8. The lowest BCUT2D eigenvalue weighted by atomic mass is 10.0. The van der Waals surface area contributed by atoms with E-state index in [-0.39, 0.29) is 34.0 Å². The van der Waals surface area contributed by atoms with Gasteiger partial charge in [-0.1, -0.05) is 5.21 Å². The van der Waals surface area contributed by atoms with Gasteiger partial charge in [-0.25, -0.2) is 14.4 Å². The van der Waals surface area contributed by atoms with Gasteiger partial charge in [0.1, 0.15) is 36.2 Å². The smallest absolute Gasteiger partial charge is 0.320 e. The predicted molar refractivity (Wildman–Crippen MR) is 144 cm³/mol. The zero-order valence-corrected chi connectivity index (χ0v) is 23.4. The highest BCUT2D eigenvalue weighted by atomic mass is 32.5. The van der Waals surface area contributed by atoms with Gasteiger partial charge in [-0.2, -0.15) is 18.4 Å². The van der Waals surface area contributed by atoms with Gasteiger partial charge >= 0.3 is 5.92 Å². The molecule has 43 heavy (non-hydrogen) atoms. The summed E-state index contributed by atoms with van der Waals surface area (Å²) in [6.07, 6.45) is -5.67. The Kier molecular flexibility index (Phi) is 7.20. The molecule has 0 spiro atoms. The Balaban J connectivity index is 1.28. The summed E-state index contributed by atoms with van der Waals surface area (Å²) in [4.78, 5) is 37.6. The summed E-state index contributed by atoms with van der Waals surface area (Å²) in [6.45, 7) is -7.05. The molecule has 2 aliphatic heterocycles. The van der Waals surface area contributed by atoms with Crippen LogP contribution in [0.5, 0.6) is 0 Å². The molecule has 0 aromatic carbocycles. The van der Waals surface area contributed by atoms with Gasteiger partial charge in [0, 0.05) is 6.20 Å². The summed E-state index contributed by atoms with van der Waals surface area (Å²) in [5.41, 5.74) is 7.08. The second-order valence-electron chi connectivity index (χ2n) is 10.1. The van der Waals surface area contributed by atoms with Crippen molar-refractivity contribution in [3.63, 3.8) is 0 Å². The average Bonchev–Trinajstić information content (AvgIpc) is 3.72. The molecule has 17 nitrogen and oxygen atoms in total. The molecule has 0 saturated carbocycles. The van der Waals surface area contributed by atoms with Crippen molar-refractivity contribution in [3.05, 3.63) is 28.9 Å². The van der Waals surface area contributed by atoms with E-state index in [1.807, 2.05) is 0 Å². The van der Waals surface area contributed by atoms with E-state index in [4.69, 9.17) is 37.3 Å². The van der Waals surface area contributed by atoms with Crippen LogP contribution in [0.25, 0.3) is 22.2 Å². The molecule has 4 aromatic heterocycles. The summed E-state index contributed by atoms with van der Waals surface area (Å²) < 4.78 is 63.4. The monoisotopic (exact) mass is 648 g/mol. The fourth-order valence-electron chi connectivity index (χ4n) is 5.17. The first-order valence-corrected chi connectivity index (χ1v) is 15.3. The minimum absolute atomic E-state index is 0.0314. The average molecular weight is 649 g/mol. The largest absolute Gasteiger partial charge is 0.393 e. The van der Waals surface area contributed by atoms with Crippen molar-refractivity contribution >= 4 is 52.3 Å². The fraction of sp³-hybridized carbons (Fsp3) is 0.524. The highest BCUT2D eigenvalue weighted by Crippen LogP contribution is 2.60. The number of hydrogen-bond donors (Lipinski definition) is 6. The molecule has 232 valence electrons. The van der Waals surface area contributed by atoms with Crippen molar-refractivity contribution in [2.24, 2.45) is 0 Å². The van der Waals surface area contributed by atoms with Crippen LogP contribution >= 0.6 is 6.49 Å². The SMILES string of the molecule is Nc1nc2c(nnn2[C@@H]2O[C@@](CO)(CF)C[C@H]2P(O)(=S)OC[C@H]2O[C@@H](n3ccc4c(N)ncnc43)C(F)(F)[C@@H]2O)c(=O)[nH]1. The van der Waals surface area contributed by atoms with E-state index < -0.39 is 80.2 Å². The Labute approximate surface area is 242 Å². The highest BCUT2D eigenvalue weighted by molar-refractivity contribution is 8.09. The first-order valence-electron chi connectivity index (χ1n) is 12.5. The van der Waals surface area contributed by atoms with Gasteiger partial charge in [0.2, 0.25) is 12.2 Å². The third-order valence-electron chi connectivity index (χ3n) is 7.42. The van der Waals surface area contributed by atoms with Crippen LogP contribution < -0.4 is 17.0 Å². The summed E-state index contributed by atoms with van der Waals surface area (Å²) >= 11 is 5.37. The molecule has 2 fully saturated rings. The van der Waals surface area contributed by atoms with Crippen LogP contribution in [-0.4, -0.2) is 104 Å². The number of aliphatic hydroxyl groups excluding tert-OH is 2. The molecule has 22 heteroatoms. The van der Waals surface area contributed by atoms with Crippen LogP contribution in [0.1, 0.15) is 18.9 Å². The number of ether oxygens (including phenoxy) is 2. The van der Waals surface area contributed by atoms with Gasteiger partial charge in [-0.15, -0.1) is 5.10 Å². The molecule has 7 atom stereocenters. The van der Waals surface area contributed by atoms with Gasteiger partial charge in [0.15, 0.2) is 30.0 Å². The number of H-pyrrole nitrogens is 1. The molecule has 0 radical (unpaired) electrons. The Hall–Kier alpha value is -3.30. The summed E-state index contributed by atoms with van der Waals surface area (Å²) in [7, 11) is 0. The van der Waals surface area contributed by atoms with Gasteiger partial charge < -0.3 is 45.1 Å². The van der Waals surface area contributed by atoms with Crippen molar-refractivity contribution in [1.82, 2.24) is 39.5 Å². The summed E-state index contributed by atoms with van der Waals surface area (Å²) in [6, 6.07) is 1.41. The maximum absolute atomic E-state index is 15.3. The Morgan fingerprint density at radius 2 is 2.07 bits per heavy atom. The molecular formula is C21H24F3N10O7PS. The number of nitrogens with one attached hydrogen (secondary N) is 1. The molecule has 4 aromatic rings. The summed E-state index contributed by atoms with van der Waals surface area (Å²) in [5, 5.41) is 28.3. The Morgan fingerprint density at radius 3 is 2.79 bits per heavy atom. The Bertz CT molecular complexity index is 1800. The predicted octanol–water partition coefficient (Wildman–Crippen LogP) is -0.676. The normalized spacial score (nSPS) is 30.3. The van der Waals surface area contributed by atoms with E-state index in [1.54, 1.807) is 0 Å². The maximum Gasteiger partial charge on any atom is 0.320 e. The molecule has 0 aliphatic carbocycles. The van der Waals surface area contributed by atoms with E-state index in [2.05, 4.69) is 30.2 Å². The lowest BCUT2D eigenvalue weighted by Gasteiger charge is -2.27. The number of nitrogen functional groups attached to an aromatic ring is 2. The quantitative estimate of drug-likeness (QED) is 0.130. The van der Waals surface area contributed by atoms with E-state index in [0.717, 1.165) is 15.6 Å². The lowest BCUT2D eigenvalue weighted by Crippen LogP contribution is -2.39. The summed E-state index contributed by atoms with van der Waals surface area (Å²) in [5.74, 6) is -4.11. The molecule has 8 N–H and O–H groups in total. The number of rotatable bonds is 8. The molecule has 2 saturated heterocycles. The fourth-order valence-corrected chi connectivity index (χ4v) is 7.52. The number of aromatic amines is 1. The van der Waals surface area contributed by atoms with Crippen LogP contribution in [0.3, 0.4) is 0 Å². The van der Waals surface area contributed by atoms with Crippen molar-refractivity contribution in [1.29, 1.82) is 0 Å². The second kappa shape index (κ2) is 10.4. The van der Waals surface area contributed by atoms with E-state index >= 15 is 8.78 Å². The van der Waals surface area contributed by atoms with Crippen LogP contribution in [0.4, 0.5) is 24.9 Å². The number of nitrogens with zero attached hydrogens (tertiary/aromatic N) is 7. The number of halogens is 3. The second-order valence-corrected chi connectivity index (χ2v) is 13.8. The molecule has 1 unspecified atom stereocenters. The van der Waals surface area contributed by atoms with E-state index in [0.29, 0.717) is 0 Å². The molecule has 0 amide bonds. The first kappa shape index (κ1) is 29.8. The minimum Gasteiger partial charge on any atom is -0.393 e. The van der Waals surface area contributed by atoms with Gasteiger partial charge in [-0.3, -0.25) is 9.78 Å². The molecule has 0 bridgehead atoms. The van der Waals surface area contributed by atoms with Crippen molar-refractivity contribution in [2.75, 3.05) is 31.4 Å². The van der Waals surface area contributed by atoms with Crippen LogP contribution in [0.2, 0.25) is 0 Å². The van der Waals surface area contributed by atoms with Gasteiger partial charge in [0.25, 0.3) is 5.56 Å². The molecule has 6 heterocycles. The number of aliphatic hydroxyl groups is 2. The van der Waals surface area contributed by atoms with Gasteiger partial charge in [-0.05, 0) is 24.3 Å². The van der Waals surface area contributed by atoms with Gasteiger partial charge in [0.05, 0.1) is 24.3 Å². The molecular weight excluding hydrogens is 624 g/mol. The third kappa shape index (κ3) is 4.75. The minimum atomic E-state index is -4.17. The van der Waals surface area contributed by atoms with Crippen molar-refractivity contribution in [3.8, 4) is 0 Å². The lowest BCUT2D eigenvalue weighted by molar-refractivity contribution is -0.137. The zero-order valence-electron chi connectivity index (χ0n) is 21.7. The van der Waals surface area contributed by atoms with Crippen LogP contribution in [0.15, 0.2) is 23.4 Å². The number of alkyl halides is 3. The third-order valence-corrected chi connectivity index (χ3v) is 10.3. The van der Waals surface area contributed by atoms with Crippen molar-refractivity contribution < 1.29 is 42.3 Å². The van der Waals surface area contributed by atoms with Crippen LogP contribution in [0, 0.1) is 0 Å². The maximum atomic E-state index is 15.3. The van der Waals surface area contributed by atoms with Crippen molar-refractivity contribution in [2.45, 2.75) is 48.3 Å². The number of nitrogens with two attached hydrogens (primary N) is 2. The number of anilines is 2. The number of hydrogen-bond acceptors (Lipinski definition) is 14. The Morgan fingerprint density at radius 1 is 1.30 bits per heavy atom. The van der Waals surface area contributed by atoms with E-state index in [1.165, 1.54) is 12.3 Å². The molecule has 6 rings (SSSR count). The topological polar surface area (TPSA) is 248 Å². The number of fused-ring (bicyclic) bond motifs is 2. The highest BCUT2D eigenvalue weighted by Gasteiger charge is 2.60. The zero-order chi connectivity index (χ0) is 30.9. The standard InChI is InChI=1S/C21H24F3N10O7PS/c22-5-20(6-35)3-10(17(41-20)34-15-11(31-32-34)16(37)30-19(26)29-15)42(38,43)39-4-9-12(36)21(23,24)18(40-9)33-2-1-8-13(25)27-7-28-14(8)33/h1-2,7,9-10,12,17-18,35-36H,3-6H2,(H,38,43)(H2,25,27,28)(H3,26,29,30,37)/t9-,10-,12-,17-,18-,20-,42?/m1/s1.